The summed E-state index contributed by atoms with van der Waals surface area (Å²) in [4.78, 5) is 166. The van der Waals surface area contributed by atoms with Crippen LogP contribution in [0.3, 0.4) is 0 Å². The Morgan fingerprint density at radius 1 is 0.433 bits per heavy atom. The molecule has 2 heterocycles. The number of hydrogen-bond acceptors (Lipinski definition) is 19. The highest BCUT2D eigenvalue weighted by Crippen LogP contribution is 2.25. The lowest BCUT2D eigenvalue weighted by Gasteiger charge is -2.23. The number of nitrogens with one attached hydrogen (secondary N) is 6. The second-order valence-electron chi connectivity index (χ2n) is 24.7. The molecule has 0 aromatic carbocycles. The number of aliphatic hydroxyl groups excluding tert-OH is 1. The Labute approximate surface area is 577 Å². The zero-order valence-electron chi connectivity index (χ0n) is 60.9. The fourth-order valence-electron chi connectivity index (χ4n) is 9.41. The van der Waals surface area contributed by atoms with Crippen molar-refractivity contribution in [1.82, 2.24) is 41.7 Å². The van der Waals surface area contributed by atoms with Gasteiger partial charge in [-0.3, -0.25) is 67.1 Å². The molecular formula is C69H127N11O17. The van der Waals surface area contributed by atoms with Crippen molar-refractivity contribution < 1.29 is 82.1 Å². The van der Waals surface area contributed by atoms with Gasteiger partial charge in [0.05, 0.1) is 25.5 Å². The Morgan fingerprint density at radius 3 is 1.18 bits per heavy atom. The van der Waals surface area contributed by atoms with Crippen LogP contribution in [0.1, 0.15) is 250 Å². The standard InChI is InChI=1S/C24H39N3O8.C20H35N3O5.C11H21NO2.C10H20N2O2.C4H12N2/c1-4-17-13-19(35-24(34)12-11-23(32)33)15-27(17)22(31)10-9-21(30)26-16(7-8-18(28)5-2)14-25-20(29)6-3;1-4-15-11-17(25)13-23(15)20(28)10-9-19(27)22-14(7-8-16(24)5-2)12-21-18(26)6-3;1-4-10(13)7-6-9(3)8-12-11(14)5-2;1-3-9(13)6-5-8(11)7-12-10(14)4-2;1-4(2-5)3-6/h16-17,19H,4-15H2,1-3H3,(H,25,29)(H,26,30)(H,32,33);14-15,17,25H,4-13H2,1-3H3,(H,21,26)(H,22,27);9H,4-8H2,1-3H3,(H,12,14);8H,3-7,11H2,1-2H3,(H,12,14);4H,2-3,5-6H2,1H3/t16?,17-,19-;14?,15-,17-;;;/m11.../s1. The molecule has 0 bridgehead atoms. The van der Waals surface area contributed by atoms with Gasteiger partial charge in [0.15, 0.2) is 0 Å². The Balaban J connectivity index is -0.00000126. The van der Waals surface area contributed by atoms with Gasteiger partial charge in [-0.1, -0.05) is 83.1 Å². The maximum atomic E-state index is 12.8. The van der Waals surface area contributed by atoms with Crippen LogP contribution in [-0.4, -0.2) is 197 Å². The predicted molar refractivity (Wildman–Crippen MR) is 372 cm³/mol. The Hall–Kier alpha value is -6.78. The van der Waals surface area contributed by atoms with Crippen molar-refractivity contribution in [3.63, 3.8) is 0 Å². The second-order valence-corrected chi connectivity index (χ2v) is 24.7. The van der Waals surface area contributed by atoms with Crippen LogP contribution in [0, 0.1) is 11.8 Å². The van der Waals surface area contributed by atoms with Gasteiger partial charge in [0.1, 0.15) is 29.2 Å². The molecule has 0 aromatic heterocycles. The van der Waals surface area contributed by atoms with E-state index in [1.807, 2.05) is 41.5 Å². The molecule has 2 rings (SSSR count). The lowest BCUT2D eigenvalue weighted by Crippen LogP contribution is -2.44. The van der Waals surface area contributed by atoms with Crippen molar-refractivity contribution in [1.29, 1.82) is 0 Å². The maximum Gasteiger partial charge on any atom is 0.306 e. The summed E-state index contributed by atoms with van der Waals surface area (Å²) in [5, 5.41) is 35.1. The lowest BCUT2D eigenvalue weighted by molar-refractivity contribution is -0.152. The van der Waals surface area contributed by atoms with E-state index < -0.39 is 30.2 Å². The Kier molecular flexibility index (Phi) is 56.7. The number of aliphatic hydroxyl groups is 1. The third kappa shape index (κ3) is 50.2. The van der Waals surface area contributed by atoms with E-state index in [9.17, 15) is 72.2 Å². The zero-order valence-corrected chi connectivity index (χ0v) is 60.9. The maximum absolute atomic E-state index is 12.8. The van der Waals surface area contributed by atoms with Gasteiger partial charge in [-0.2, -0.15) is 0 Å². The number of β-amino-alcohol motifs (C(OH)–C–C–N with tert-alkyl or cyclic N) is 1. The quantitative estimate of drug-likeness (QED) is 0.0379. The molecule has 0 aliphatic carbocycles. The topological polar surface area (TPSA) is 445 Å². The van der Waals surface area contributed by atoms with Crippen LogP contribution in [0.15, 0.2) is 0 Å². The zero-order chi connectivity index (χ0) is 74.4. The van der Waals surface area contributed by atoms with Gasteiger partial charge in [-0.25, -0.2) is 0 Å². The molecule has 2 aliphatic heterocycles. The molecule has 14 N–H and O–H groups in total. The molecule has 2 fully saturated rings. The average Bonchev–Trinajstić information content (AvgIpc) is 1.72. The van der Waals surface area contributed by atoms with Crippen LogP contribution >= 0.6 is 0 Å². The van der Waals surface area contributed by atoms with E-state index in [0.717, 1.165) is 12.8 Å². The molecule has 0 saturated carbocycles. The van der Waals surface area contributed by atoms with E-state index in [1.54, 1.807) is 44.4 Å². The van der Waals surface area contributed by atoms with E-state index >= 15 is 0 Å². The number of carbonyl (C=O) groups is 14. The minimum atomic E-state index is -1.08. The van der Waals surface area contributed by atoms with Gasteiger partial charge in [0.2, 0.25) is 47.3 Å². The lowest BCUT2D eigenvalue weighted by atomic mass is 10.0. The molecule has 0 aromatic rings. The predicted octanol–water partition coefficient (Wildman–Crippen LogP) is 4.28. The first kappa shape index (κ1) is 94.4. The highest BCUT2D eigenvalue weighted by molar-refractivity contribution is 5.86. The number of rotatable bonds is 44. The Morgan fingerprint density at radius 2 is 0.804 bits per heavy atom. The summed E-state index contributed by atoms with van der Waals surface area (Å²) in [6, 6.07) is -0.956. The minimum absolute atomic E-state index is 0.00210. The van der Waals surface area contributed by atoms with Gasteiger partial charge < -0.3 is 73.9 Å². The van der Waals surface area contributed by atoms with Crippen LogP contribution in [0.25, 0.3) is 0 Å². The first-order valence-corrected chi connectivity index (χ1v) is 35.5. The van der Waals surface area contributed by atoms with Crippen LogP contribution in [0.2, 0.25) is 0 Å². The van der Waals surface area contributed by atoms with Gasteiger partial charge in [0, 0.05) is 172 Å². The van der Waals surface area contributed by atoms with E-state index in [0.29, 0.717) is 166 Å². The number of carboxylic acids is 1. The summed E-state index contributed by atoms with van der Waals surface area (Å²) in [5.41, 5.74) is 16.1. The van der Waals surface area contributed by atoms with Crippen molar-refractivity contribution in [3.8, 4) is 0 Å². The Bertz CT molecular complexity index is 2240. The van der Waals surface area contributed by atoms with Gasteiger partial charge in [-0.05, 0) is 69.9 Å². The van der Waals surface area contributed by atoms with Gasteiger partial charge in [-0.15, -0.1) is 0 Å². The number of nitrogens with zero attached hydrogens (tertiary/aromatic N) is 2. The highest BCUT2D eigenvalue weighted by Gasteiger charge is 2.37. The molecule has 2 aliphatic rings. The summed E-state index contributed by atoms with van der Waals surface area (Å²) in [6.07, 6.45) is 8.86. The van der Waals surface area contributed by atoms with Crippen LogP contribution in [0.5, 0.6) is 0 Å². The molecular weight excluding hydrogens is 1250 g/mol. The van der Waals surface area contributed by atoms with E-state index in [1.165, 1.54) is 0 Å². The van der Waals surface area contributed by atoms with Crippen molar-refractivity contribution in [2.45, 2.75) is 292 Å². The monoisotopic (exact) mass is 1380 g/mol. The number of carbonyl (C=O) groups excluding carboxylic acids is 13. The van der Waals surface area contributed by atoms with Crippen molar-refractivity contribution in [3.05, 3.63) is 0 Å². The minimum Gasteiger partial charge on any atom is -0.481 e. The molecule has 28 heteroatoms. The smallest absolute Gasteiger partial charge is 0.306 e. The number of esters is 1. The summed E-state index contributed by atoms with van der Waals surface area (Å²) < 4.78 is 5.33. The number of aliphatic carboxylic acids is 1. The van der Waals surface area contributed by atoms with E-state index in [4.69, 9.17) is 27.0 Å². The fourth-order valence-corrected chi connectivity index (χ4v) is 9.41. The van der Waals surface area contributed by atoms with Crippen LogP contribution in [-0.2, 0) is 71.9 Å². The second kappa shape index (κ2) is 58.2. The third-order valence-electron chi connectivity index (χ3n) is 16.3. The molecule has 97 heavy (non-hydrogen) atoms. The molecule has 8 atom stereocenters. The average molecular weight is 1380 g/mol. The van der Waals surface area contributed by atoms with E-state index in [-0.39, 0.29) is 147 Å². The number of Topliss-reactive ketones (excluding diaryl/α,β-unsaturated/α-hetero) is 4. The summed E-state index contributed by atoms with van der Waals surface area (Å²) >= 11 is 0. The van der Waals surface area contributed by atoms with Crippen molar-refractivity contribution >= 4 is 82.3 Å². The molecule has 28 nitrogen and oxygen atoms in total. The fraction of sp³-hybridized carbons (Fsp3) is 0.797. The van der Waals surface area contributed by atoms with Crippen molar-refractivity contribution in [2.75, 3.05) is 52.4 Å². The summed E-state index contributed by atoms with van der Waals surface area (Å²) in [6.45, 7) is 25.9. The molecule has 4 unspecified atom stereocenters. The number of amides is 8. The number of carboxylic acid groups (broad SMARTS) is 1. The number of likely N-dealkylation sites (tertiary alicyclic amines) is 2. The first-order valence-electron chi connectivity index (χ1n) is 35.5. The molecule has 560 valence electrons. The number of ether oxygens (including phenoxy) is 1. The molecule has 0 radical (unpaired) electrons. The van der Waals surface area contributed by atoms with Crippen LogP contribution in [0.4, 0.5) is 0 Å². The normalized spacial score (nSPS) is 16.4. The van der Waals surface area contributed by atoms with Gasteiger partial charge >= 0.3 is 11.9 Å². The van der Waals surface area contributed by atoms with Crippen LogP contribution < -0.4 is 49.1 Å². The van der Waals surface area contributed by atoms with Crippen molar-refractivity contribution in [2.24, 2.45) is 29.0 Å². The number of hydrogen-bond donors (Lipinski definition) is 11. The molecule has 0 spiro atoms. The summed E-state index contributed by atoms with van der Waals surface area (Å²) in [7, 11) is 0. The molecule has 2 saturated heterocycles. The first-order chi connectivity index (χ1) is 45.9. The molecule has 8 amide bonds. The largest absolute Gasteiger partial charge is 0.481 e. The highest BCUT2D eigenvalue weighted by atomic mass is 16.5. The summed E-state index contributed by atoms with van der Waals surface area (Å²) in [5.74, 6) is -1.27. The number of ketones is 4. The SMILES string of the molecule is CC(CN)CN.CCC(=O)CCC(C)CNC(=O)CC.CCC(=O)CCC(CNC(=O)CC)NC(=O)CCC(=O)N1C[C@H](O)C[C@H]1CC.CCC(=O)CCC(CNC(=O)CC)NC(=O)CCC(=O)N1C[C@H](OC(=O)CCC(=O)O)C[C@H]1CC.CCC(=O)CCC(N)CNC(=O)CC. The van der Waals surface area contributed by atoms with Gasteiger partial charge in [0.25, 0.3) is 0 Å². The number of nitrogens with two attached hydrogens (primary N) is 3. The van der Waals surface area contributed by atoms with E-state index in [2.05, 4.69) is 38.8 Å². The third-order valence-corrected chi connectivity index (χ3v) is 16.3.